The minimum absolute atomic E-state index is 0.182. The second-order valence-corrected chi connectivity index (χ2v) is 12.3. The van der Waals surface area contributed by atoms with E-state index in [1.807, 2.05) is 60.7 Å². The molecule has 5 aromatic rings. The molecule has 0 spiro atoms. The highest BCUT2D eigenvalue weighted by molar-refractivity contribution is 7.07. The Labute approximate surface area is 272 Å². The molecule has 0 saturated heterocycles. The SMILES string of the molecule is CCOC(=O)C1=C(C)N=c2s/c(=C\c3c(OCc4ccc(Cl)c(Cl)c4)ccc4ccccc34)c(=O)n2[C@H]1c1ccccc1Cl. The Bertz CT molecular complexity index is 2150. The molecule has 44 heavy (non-hydrogen) atoms. The number of halogens is 3. The van der Waals surface area contributed by atoms with Crippen molar-refractivity contribution in [2.75, 3.05) is 6.61 Å². The van der Waals surface area contributed by atoms with Gasteiger partial charge in [-0.15, -0.1) is 0 Å². The number of hydrogen-bond acceptors (Lipinski definition) is 6. The standard InChI is InChI=1S/C34H25Cl3N2O4S/c1-3-42-33(41)30-19(2)38-34-39(31(30)23-10-6-7-11-25(23)35)32(40)29(44-34)17-24-22-9-5-4-8-21(22)13-15-28(24)43-18-20-12-14-26(36)27(37)16-20/h4-17,31H,3,18H2,1-2H3/b29-17-/t31-/m0/s1. The van der Waals surface area contributed by atoms with Crippen molar-refractivity contribution >= 4 is 69.0 Å². The third-order valence-electron chi connectivity index (χ3n) is 7.30. The van der Waals surface area contributed by atoms with Crippen LogP contribution in [0.2, 0.25) is 15.1 Å². The van der Waals surface area contributed by atoms with Crippen LogP contribution in [0.5, 0.6) is 5.75 Å². The fraction of sp³-hybridized carbons (Fsp3) is 0.147. The first kappa shape index (κ1) is 30.2. The Hall–Kier alpha value is -3.88. The average Bonchev–Trinajstić information content (AvgIpc) is 3.32. The summed E-state index contributed by atoms with van der Waals surface area (Å²) in [5.41, 5.74) is 2.63. The Morgan fingerprint density at radius 1 is 0.977 bits per heavy atom. The van der Waals surface area contributed by atoms with Crippen LogP contribution in [0.15, 0.2) is 99.9 Å². The Balaban J connectivity index is 1.53. The van der Waals surface area contributed by atoms with E-state index in [1.165, 1.54) is 15.9 Å². The Morgan fingerprint density at radius 2 is 1.75 bits per heavy atom. The molecule has 1 aliphatic heterocycles. The van der Waals surface area contributed by atoms with Gasteiger partial charge < -0.3 is 9.47 Å². The van der Waals surface area contributed by atoms with Crippen LogP contribution in [0, 0.1) is 0 Å². The predicted molar refractivity (Wildman–Crippen MR) is 177 cm³/mol. The van der Waals surface area contributed by atoms with Gasteiger partial charge in [-0.3, -0.25) is 9.36 Å². The molecule has 0 N–H and O–H groups in total. The van der Waals surface area contributed by atoms with E-state index in [1.54, 1.807) is 38.1 Å². The highest BCUT2D eigenvalue weighted by Gasteiger charge is 2.34. The van der Waals surface area contributed by atoms with Gasteiger partial charge in [0.25, 0.3) is 5.56 Å². The number of esters is 1. The third kappa shape index (κ3) is 5.69. The lowest BCUT2D eigenvalue weighted by molar-refractivity contribution is -0.139. The minimum Gasteiger partial charge on any atom is -0.488 e. The molecule has 0 saturated carbocycles. The van der Waals surface area contributed by atoms with Crippen LogP contribution in [0.3, 0.4) is 0 Å². The summed E-state index contributed by atoms with van der Waals surface area (Å²) in [6, 6.07) is 23.5. The maximum Gasteiger partial charge on any atom is 0.338 e. The van der Waals surface area contributed by atoms with Crippen LogP contribution in [0.4, 0.5) is 0 Å². The van der Waals surface area contributed by atoms with Crippen molar-refractivity contribution in [2.45, 2.75) is 26.5 Å². The molecule has 10 heteroatoms. The monoisotopic (exact) mass is 662 g/mol. The average molecular weight is 664 g/mol. The maximum atomic E-state index is 14.2. The number of hydrogen-bond donors (Lipinski definition) is 0. The quantitative estimate of drug-likeness (QED) is 0.169. The van der Waals surface area contributed by atoms with E-state index in [0.29, 0.717) is 41.4 Å². The second kappa shape index (κ2) is 12.6. The first-order valence-electron chi connectivity index (χ1n) is 13.8. The Morgan fingerprint density at radius 3 is 2.52 bits per heavy atom. The van der Waals surface area contributed by atoms with Crippen LogP contribution in [-0.2, 0) is 16.1 Å². The number of aromatic nitrogens is 1. The number of fused-ring (bicyclic) bond motifs is 2. The van der Waals surface area contributed by atoms with Crippen LogP contribution in [-0.4, -0.2) is 17.1 Å². The molecule has 0 aliphatic carbocycles. The molecule has 6 rings (SSSR count). The van der Waals surface area contributed by atoms with E-state index >= 15 is 0 Å². The van der Waals surface area contributed by atoms with Crippen molar-refractivity contribution in [3.63, 3.8) is 0 Å². The minimum atomic E-state index is -0.806. The molecule has 1 aliphatic rings. The Kier molecular flexibility index (Phi) is 8.65. The fourth-order valence-electron chi connectivity index (χ4n) is 5.25. The van der Waals surface area contributed by atoms with Gasteiger partial charge in [0.1, 0.15) is 18.4 Å². The van der Waals surface area contributed by atoms with Gasteiger partial charge in [0, 0.05) is 10.6 Å². The molecular formula is C34H25Cl3N2O4S. The molecule has 4 aromatic carbocycles. The van der Waals surface area contributed by atoms with Gasteiger partial charge >= 0.3 is 5.97 Å². The van der Waals surface area contributed by atoms with Crippen molar-refractivity contribution in [2.24, 2.45) is 4.99 Å². The van der Waals surface area contributed by atoms with Gasteiger partial charge in [0.2, 0.25) is 0 Å². The highest BCUT2D eigenvalue weighted by Crippen LogP contribution is 2.35. The summed E-state index contributed by atoms with van der Waals surface area (Å²) in [6.45, 7) is 3.90. The van der Waals surface area contributed by atoms with Gasteiger partial charge in [-0.1, -0.05) is 101 Å². The van der Waals surface area contributed by atoms with E-state index in [0.717, 1.165) is 21.9 Å². The molecule has 222 valence electrons. The summed E-state index contributed by atoms with van der Waals surface area (Å²) in [6.07, 6.45) is 1.82. The third-order valence-corrected chi connectivity index (χ3v) is 9.37. The molecular weight excluding hydrogens is 639 g/mol. The van der Waals surface area contributed by atoms with Crippen LogP contribution in [0.25, 0.3) is 16.8 Å². The lowest BCUT2D eigenvalue weighted by atomic mass is 9.96. The van der Waals surface area contributed by atoms with Crippen molar-refractivity contribution in [1.82, 2.24) is 4.57 Å². The van der Waals surface area contributed by atoms with Crippen LogP contribution >= 0.6 is 46.1 Å². The largest absolute Gasteiger partial charge is 0.488 e. The van der Waals surface area contributed by atoms with Gasteiger partial charge in [0.15, 0.2) is 4.80 Å². The molecule has 0 bridgehead atoms. The number of nitrogens with zero attached hydrogens (tertiary/aromatic N) is 2. The van der Waals surface area contributed by atoms with Gasteiger partial charge in [-0.2, -0.15) is 0 Å². The molecule has 2 heterocycles. The van der Waals surface area contributed by atoms with Crippen molar-refractivity contribution in [3.8, 4) is 5.75 Å². The maximum absolute atomic E-state index is 14.2. The van der Waals surface area contributed by atoms with Crippen molar-refractivity contribution in [1.29, 1.82) is 0 Å². The first-order chi connectivity index (χ1) is 21.3. The normalized spacial score (nSPS) is 14.8. The first-order valence-corrected chi connectivity index (χ1v) is 15.7. The molecule has 0 radical (unpaired) electrons. The molecule has 6 nitrogen and oxygen atoms in total. The topological polar surface area (TPSA) is 69.9 Å². The van der Waals surface area contributed by atoms with E-state index in [-0.39, 0.29) is 24.3 Å². The number of thiazole rings is 1. The van der Waals surface area contributed by atoms with E-state index < -0.39 is 12.0 Å². The molecule has 0 fully saturated rings. The zero-order valence-electron chi connectivity index (χ0n) is 23.6. The van der Waals surface area contributed by atoms with Gasteiger partial charge in [0.05, 0.1) is 32.5 Å². The summed E-state index contributed by atoms with van der Waals surface area (Å²) in [5.74, 6) is 0.0478. The molecule has 1 atom stereocenters. The van der Waals surface area contributed by atoms with Gasteiger partial charge in [-0.05, 0) is 66.1 Å². The summed E-state index contributed by atoms with van der Waals surface area (Å²) in [5, 5.41) is 3.24. The number of allylic oxidation sites excluding steroid dienone is 1. The molecule has 0 unspecified atom stereocenters. The smallest absolute Gasteiger partial charge is 0.338 e. The fourth-order valence-corrected chi connectivity index (χ4v) is 6.84. The highest BCUT2D eigenvalue weighted by atomic mass is 35.5. The van der Waals surface area contributed by atoms with Gasteiger partial charge in [-0.25, -0.2) is 9.79 Å². The molecule has 0 amide bonds. The van der Waals surface area contributed by atoms with E-state index in [2.05, 4.69) is 4.99 Å². The van der Waals surface area contributed by atoms with Crippen molar-refractivity contribution in [3.05, 3.63) is 142 Å². The number of carbonyl (C=O) groups is 1. The van der Waals surface area contributed by atoms with Crippen LogP contribution in [0.1, 0.15) is 36.6 Å². The zero-order chi connectivity index (χ0) is 31.0. The zero-order valence-corrected chi connectivity index (χ0v) is 26.7. The number of ether oxygens (including phenoxy) is 2. The summed E-state index contributed by atoms with van der Waals surface area (Å²) in [7, 11) is 0. The van der Waals surface area contributed by atoms with Crippen molar-refractivity contribution < 1.29 is 14.3 Å². The number of carbonyl (C=O) groups excluding carboxylic acids is 1. The number of benzene rings is 4. The lowest BCUT2D eigenvalue weighted by Crippen LogP contribution is -2.40. The number of rotatable bonds is 7. The molecule has 1 aromatic heterocycles. The van der Waals surface area contributed by atoms with E-state index in [9.17, 15) is 9.59 Å². The summed E-state index contributed by atoms with van der Waals surface area (Å²) < 4.78 is 13.6. The lowest BCUT2D eigenvalue weighted by Gasteiger charge is -2.25. The van der Waals surface area contributed by atoms with E-state index in [4.69, 9.17) is 44.3 Å². The second-order valence-electron chi connectivity index (χ2n) is 10.1. The predicted octanol–water partition coefficient (Wildman–Crippen LogP) is 7.49. The summed E-state index contributed by atoms with van der Waals surface area (Å²) in [4.78, 5) is 32.6. The summed E-state index contributed by atoms with van der Waals surface area (Å²) >= 11 is 20.2. The van der Waals surface area contributed by atoms with Crippen LogP contribution < -0.4 is 19.6 Å².